The van der Waals surface area contributed by atoms with Crippen LogP contribution in [-0.2, 0) is 4.74 Å². The monoisotopic (exact) mass is 297 g/mol. The molecule has 0 spiro atoms. The van der Waals surface area contributed by atoms with Crippen LogP contribution in [0.25, 0.3) is 0 Å². The summed E-state index contributed by atoms with van der Waals surface area (Å²) in [6, 6.07) is 6.78. The zero-order valence-electron chi connectivity index (χ0n) is 10.5. The van der Waals surface area contributed by atoms with Gasteiger partial charge in [0.05, 0.1) is 17.5 Å². The number of nitrogens with zero attached hydrogens (tertiary/aromatic N) is 1. The molecule has 5 atom stereocenters. The number of thiocarbonyl (C=S) groups is 1. The van der Waals surface area contributed by atoms with Crippen LogP contribution < -0.4 is 0 Å². The third kappa shape index (κ3) is 2.79. The van der Waals surface area contributed by atoms with Crippen molar-refractivity contribution in [1.29, 1.82) is 0 Å². The minimum Gasteiger partial charge on any atom is -0.394 e. The fraction of sp³-hybridized carbons (Fsp3) is 0.462. The Labute approximate surface area is 121 Å². The second kappa shape index (κ2) is 6.51. The summed E-state index contributed by atoms with van der Waals surface area (Å²) in [6.45, 7) is -0.472. The molecular formula is C13H15NO5S. The molecule has 1 aliphatic rings. The van der Waals surface area contributed by atoms with Crippen molar-refractivity contribution < 1.29 is 25.2 Å². The molecule has 1 saturated heterocycles. The zero-order valence-corrected chi connectivity index (χ0v) is 11.3. The number of isothiocyanates is 1. The summed E-state index contributed by atoms with van der Waals surface area (Å²) in [5.74, 6) is 0. The normalized spacial score (nSPS) is 33.5. The Morgan fingerprint density at radius 2 is 1.85 bits per heavy atom. The first-order valence-corrected chi connectivity index (χ1v) is 6.48. The van der Waals surface area contributed by atoms with E-state index in [1.165, 1.54) is 0 Å². The summed E-state index contributed by atoms with van der Waals surface area (Å²) < 4.78 is 5.47. The molecule has 0 amide bonds. The molecule has 7 heteroatoms. The third-order valence-corrected chi connectivity index (χ3v) is 3.39. The molecule has 1 aromatic carbocycles. The highest BCUT2D eigenvalue weighted by atomic mass is 32.1. The highest BCUT2D eigenvalue weighted by molar-refractivity contribution is 7.78. The molecule has 1 aromatic rings. The number of ether oxygens (including phenoxy) is 1. The molecular weight excluding hydrogens is 282 g/mol. The van der Waals surface area contributed by atoms with E-state index in [1.54, 1.807) is 24.3 Å². The van der Waals surface area contributed by atoms with E-state index in [0.29, 0.717) is 11.3 Å². The molecule has 0 radical (unpaired) electrons. The average molecular weight is 297 g/mol. The van der Waals surface area contributed by atoms with Gasteiger partial charge in [0.1, 0.15) is 30.5 Å². The number of aliphatic hydroxyl groups is 4. The van der Waals surface area contributed by atoms with Gasteiger partial charge in [0.15, 0.2) is 0 Å². The van der Waals surface area contributed by atoms with Gasteiger partial charge in [-0.2, -0.15) is 4.99 Å². The van der Waals surface area contributed by atoms with Crippen molar-refractivity contribution in [2.75, 3.05) is 6.61 Å². The Hall–Kier alpha value is -1.18. The van der Waals surface area contributed by atoms with Crippen molar-refractivity contribution >= 4 is 23.1 Å². The smallest absolute Gasteiger partial charge is 0.114 e. The summed E-state index contributed by atoms with van der Waals surface area (Å²) in [5, 5.41) is 41.0. The SMILES string of the molecule is OC[C@@H]1O[C@@H](c2ccccc2N=C=S)[C@H](O)[C@H](O)[C@H]1O. The fourth-order valence-electron chi connectivity index (χ4n) is 2.24. The van der Waals surface area contributed by atoms with Crippen molar-refractivity contribution in [3.05, 3.63) is 29.8 Å². The van der Waals surface area contributed by atoms with Gasteiger partial charge in [0, 0.05) is 5.56 Å². The third-order valence-electron chi connectivity index (χ3n) is 3.30. The van der Waals surface area contributed by atoms with Gasteiger partial charge in [-0.1, -0.05) is 18.2 Å². The van der Waals surface area contributed by atoms with E-state index < -0.39 is 37.1 Å². The molecule has 6 nitrogen and oxygen atoms in total. The number of aliphatic hydroxyl groups excluding tert-OH is 4. The second-order valence-corrected chi connectivity index (χ2v) is 4.69. The molecule has 1 heterocycles. The summed E-state index contributed by atoms with van der Waals surface area (Å²) >= 11 is 4.56. The first kappa shape index (κ1) is 15.2. The number of benzene rings is 1. The summed E-state index contributed by atoms with van der Waals surface area (Å²) in [7, 11) is 0. The highest BCUT2D eigenvalue weighted by Gasteiger charge is 2.44. The number of rotatable bonds is 3. The molecule has 0 aliphatic carbocycles. The van der Waals surface area contributed by atoms with Crippen LogP contribution in [0.15, 0.2) is 29.3 Å². The molecule has 20 heavy (non-hydrogen) atoms. The molecule has 0 bridgehead atoms. The van der Waals surface area contributed by atoms with Gasteiger partial charge in [-0.3, -0.25) is 0 Å². The molecule has 0 saturated carbocycles. The summed E-state index contributed by atoms with van der Waals surface area (Å²) in [5.41, 5.74) is 0.952. The van der Waals surface area contributed by atoms with Gasteiger partial charge in [-0.05, 0) is 18.3 Å². The molecule has 1 fully saturated rings. The van der Waals surface area contributed by atoms with Crippen LogP contribution in [0, 0.1) is 0 Å². The maximum Gasteiger partial charge on any atom is 0.114 e. The van der Waals surface area contributed by atoms with Crippen molar-refractivity contribution in [2.24, 2.45) is 4.99 Å². The van der Waals surface area contributed by atoms with E-state index in [2.05, 4.69) is 22.4 Å². The predicted molar refractivity (Wildman–Crippen MR) is 73.8 cm³/mol. The Morgan fingerprint density at radius 1 is 1.15 bits per heavy atom. The van der Waals surface area contributed by atoms with Crippen LogP contribution in [0.4, 0.5) is 5.69 Å². The Morgan fingerprint density at radius 3 is 2.50 bits per heavy atom. The van der Waals surface area contributed by atoms with Crippen LogP contribution in [0.1, 0.15) is 11.7 Å². The van der Waals surface area contributed by atoms with Gasteiger partial charge < -0.3 is 25.2 Å². The quantitative estimate of drug-likeness (QED) is 0.460. The lowest BCUT2D eigenvalue weighted by Gasteiger charge is -2.40. The molecule has 108 valence electrons. The fourth-order valence-corrected chi connectivity index (χ4v) is 2.34. The van der Waals surface area contributed by atoms with Gasteiger partial charge in [0.25, 0.3) is 0 Å². The Kier molecular flexibility index (Phi) is 4.95. The summed E-state index contributed by atoms with van der Waals surface area (Å²) in [4.78, 5) is 3.88. The number of hydrogen-bond acceptors (Lipinski definition) is 7. The van der Waals surface area contributed by atoms with E-state index in [1.807, 2.05) is 0 Å². The second-order valence-electron chi connectivity index (χ2n) is 4.51. The predicted octanol–water partition coefficient (Wildman–Crippen LogP) is -0.0642. The first-order valence-electron chi connectivity index (χ1n) is 6.07. The molecule has 2 rings (SSSR count). The van der Waals surface area contributed by atoms with Crippen LogP contribution in [-0.4, -0.2) is 56.6 Å². The minimum absolute atomic E-state index is 0.451. The van der Waals surface area contributed by atoms with Crippen molar-refractivity contribution in [1.82, 2.24) is 0 Å². The lowest BCUT2D eigenvalue weighted by molar-refractivity contribution is -0.231. The van der Waals surface area contributed by atoms with E-state index in [-0.39, 0.29) is 0 Å². The van der Waals surface area contributed by atoms with E-state index >= 15 is 0 Å². The van der Waals surface area contributed by atoms with Gasteiger partial charge in [-0.15, -0.1) is 0 Å². The summed E-state index contributed by atoms with van der Waals surface area (Å²) in [6.07, 6.45) is -6.02. The molecule has 0 unspecified atom stereocenters. The zero-order chi connectivity index (χ0) is 14.7. The lowest BCUT2D eigenvalue weighted by Crippen LogP contribution is -2.55. The van der Waals surface area contributed by atoms with E-state index in [9.17, 15) is 20.4 Å². The van der Waals surface area contributed by atoms with Crippen LogP contribution in [0.3, 0.4) is 0 Å². The number of aliphatic imine (C=N–C) groups is 1. The van der Waals surface area contributed by atoms with Crippen LogP contribution in [0.5, 0.6) is 0 Å². The highest BCUT2D eigenvalue weighted by Crippen LogP contribution is 2.36. The minimum atomic E-state index is -1.42. The van der Waals surface area contributed by atoms with E-state index in [4.69, 9.17) is 4.74 Å². The van der Waals surface area contributed by atoms with E-state index in [0.717, 1.165) is 0 Å². The van der Waals surface area contributed by atoms with Crippen molar-refractivity contribution in [3.8, 4) is 0 Å². The first-order chi connectivity index (χ1) is 9.60. The number of hydrogen-bond donors (Lipinski definition) is 4. The van der Waals surface area contributed by atoms with Gasteiger partial charge in [-0.25, -0.2) is 0 Å². The maximum absolute atomic E-state index is 10.1. The topological polar surface area (TPSA) is 103 Å². The van der Waals surface area contributed by atoms with Crippen LogP contribution >= 0.6 is 12.2 Å². The lowest BCUT2D eigenvalue weighted by atomic mass is 9.90. The Bertz CT molecular complexity index is 517. The van der Waals surface area contributed by atoms with Crippen molar-refractivity contribution in [3.63, 3.8) is 0 Å². The largest absolute Gasteiger partial charge is 0.394 e. The molecule has 1 aliphatic heterocycles. The number of para-hydroxylation sites is 1. The standard InChI is InChI=1S/C13H15NO5S/c15-5-9-10(16)11(17)12(18)13(19-9)7-3-1-2-4-8(7)14-6-20/h1-4,9-13,15-18H,5H2/t9-,10-,11+,12+,13-/m0/s1. The average Bonchev–Trinajstić information content (AvgIpc) is 2.47. The van der Waals surface area contributed by atoms with Gasteiger partial charge in [0.2, 0.25) is 0 Å². The van der Waals surface area contributed by atoms with Crippen molar-refractivity contribution in [2.45, 2.75) is 30.5 Å². The Balaban J connectivity index is 2.38. The van der Waals surface area contributed by atoms with Crippen LogP contribution in [0.2, 0.25) is 0 Å². The molecule has 0 aromatic heterocycles. The maximum atomic E-state index is 10.1. The molecule has 4 N–H and O–H groups in total. The van der Waals surface area contributed by atoms with Gasteiger partial charge >= 0.3 is 0 Å².